The van der Waals surface area contributed by atoms with Gasteiger partial charge in [-0.3, -0.25) is 28.7 Å². The van der Waals surface area contributed by atoms with Crippen molar-refractivity contribution in [2.75, 3.05) is 26.4 Å². The molecule has 1 N–H and O–H groups in total. The van der Waals surface area contributed by atoms with Gasteiger partial charge in [-0.1, -0.05) is 72.7 Å². The predicted octanol–water partition coefficient (Wildman–Crippen LogP) is 12.9. The van der Waals surface area contributed by atoms with Crippen LogP contribution >= 0.6 is 0 Å². The number of aliphatic hydroxyl groups excluding tert-OH is 1. The van der Waals surface area contributed by atoms with Crippen LogP contribution in [0, 0.1) is 27.7 Å². The molecule has 4 aromatic heterocycles. The number of aryl methyl sites for hydroxylation is 4. The zero-order valence-electron chi connectivity index (χ0n) is 45.0. The third-order valence-corrected chi connectivity index (χ3v) is 18.9. The van der Waals surface area contributed by atoms with E-state index in [1.807, 2.05) is 64.1 Å². The monoisotopic (exact) mass is 1000 g/mol. The number of ether oxygens (including phenoxy) is 2. The number of aliphatic hydroxyl groups is 1. The molecule has 73 heavy (non-hydrogen) atoms. The van der Waals surface area contributed by atoms with Crippen molar-refractivity contribution in [3.63, 3.8) is 0 Å². The van der Waals surface area contributed by atoms with Gasteiger partial charge in [0.2, 0.25) is 0 Å². The first-order valence-corrected chi connectivity index (χ1v) is 28.4. The van der Waals surface area contributed by atoms with Crippen molar-refractivity contribution in [1.29, 1.82) is 0 Å². The van der Waals surface area contributed by atoms with Crippen LogP contribution in [0.3, 0.4) is 0 Å². The molecule has 0 radical (unpaired) electrons. The molecule has 0 amide bonds. The van der Waals surface area contributed by atoms with Gasteiger partial charge in [-0.25, -0.2) is 9.97 Å². The Morgan fingerprint density at radius 3 is 1.33 bits per heavy atom. The van der Waals surface area contributed by atoms with E-state index in [0.29, 0.717) is 58.5 Å². The maximum Gasteiger partial charge on any atom is 0.267 e. The van der Waals surface area contributed by atoms with Gasteiger partial charge in [-0.15, -0.1) is 0 Å². The molecule has 8 aromatic rings. The summed E-state index contributed by atoms with van der Waals surface area (Å²) in [6.45, 7) is 29.2. The van der Waals surface area contributed by atoms with Crippen LogP contribution in [0.4, 0.5) is 0 Å². The Morgan fingerprint density at radius 1 is 0.589 bits per heavy atom. The van der Waals surface area contributed by atoms with Crippen molar-refractivity contribution in [2.45, 2.75) is 119 Å². The number of nitrogens with zero attached hydrogens (tertiary/aromatic N) is 6. The van der Waals surface area contributed by atoms with Gasteiger partial charge in [0.05, 0.1) is 46.4 Å². The van der Waals surface area contributed by atoms with Gasteiger partial charge in [0, 0.05) is 35.9 Å². The average Bonchev–Trinajstić information content (AvgIpc) is 3.37. The number of fused-ring (bicyclic) bond motifs is 2. The molecule has 0 saturated heterocycles. The molecule has 382 valence electrons. The van der Waals surface area contributed by atoms with Crippen LogP contribution in [0.5, 0.6) is 11.5 Å². The van der Waals surface area contributed by atoms with Crippen LogP contribution in [0.15, 0.2) is 119 Å². The fourth-order valence-corrected chi connectivity index (χ4v) is 9.75. The predicted molar refractivity (Wildman–Crippen MR) is 299 cm³/mol. The molecule has 0 spiro atoms. The van der Waals surface area contributed by atoms with Crippen LogP contribution in [0.2, 0.25) is 18.1 Å². The number of benzene rings is 4. The molecular formula is C60H72N6O6Si. The minimum absolute atomic E-state index is 0.0485. The van der Waals surface area contributed by atoms with Gasteiger partial charge in [0.1, 0.15) is 36.4 Å². The molecule has 13 heteroatoms. The van der Waals surface area contributed by atoms with E-state index in [-0.39, 0.29) is 29.4 Å². The number of pyridine rings is 2. The van der Waals surface area contributed by atoms with E-state index in [1.54, 1.807) is 46.1 Å². The summed E-state index contributed by atoms with van der Waals surface area (Å²) in [5, 5.41) is 10.3. The smallest absolute Gasteiger partial charge is 0.267 e. The first kappa shape index (κ1) is 54.0. The van der Waals surface area contributed by atoms with Gasteiger partial charge in [0.25, 0.3) is 11.1 Å². The van der Waals surface area contributed by atoms with Crippen molar-refractivity contribution in [2.24, 2.45) is 0 Å². The Balaban J connectivity index is 0.000000218. The molecule has 0 fully saturated rings. The molecule has 4 heterocycles. The average molecular weight is 1000 g/mol. The number of aromatic nitrogens is 6. The Labute approximate surface area is 431 Å². The minimum Gasteiger partial charge on any atom is -0.491 e. The lowest BCUT2D eigenvalue weighted by atomic mass is 9.98. The van der Waals surface area contributed by atoms with Crippen LogP contribution in [0.25, 0.3) is 56.0 Å². The van der Waals surface area contributed by atoms with Crippen LogP contribution < -0.4 is 20.6 Å². The van der Waals surface area contributed by atoms with E-state index in [9.17, 15) is 9.59 Å². The Bertz CT molecular complexity index is 3300. The van der Waals surface area contributed by atoms with Gasteiger partial charge in [0.15, 0.2) is 8.32 Å². The van der Waals surface area contributed by atoms with Crippen molar-refractivity contribution < 1.29 is 19.0 Å². The Kier molecular flexibility index (Phi) is 17.0. The maximum atomic E-state index is 13.8. The summed E-state index contributed by atoms with van der Waals surface area (Å²) in [7, 11) is -1.83. The van der Waals surface area contributed by atoms with Crippen molar-refractivity contribution in [3.05, 3.63) is 164 Å². The Morgan fingerprint density at radius 2 is 0.973 bits per heavy atom. The molecule has 8 rings (SSSR count). The summed E-state index contributed by atoms with van der Waals surface area (Å²) in [4.78, 5) is 45.6. The quantitative estimate of drug-likeness (QED) is 0.0734. The lowest BCUT2D eigenvalue weighted by Crippen LogP contribution is -2.41. The molecule has 4 aromatic carbocycles. The fraction of sp³-hybridized carbons (Fsp3) is 0.367. The minimum atomic E-state index is -1.83. The highest BCUT2D eigenvalue weighted by molar-refractivity contribution is 6.74. The summed E-state index contributed by atoms with van der Waals surface area (Å²) < 4.78 is 21.6. The molecule has 0 bridgehead atoms. The largest absolute Gasteiger partial charge is 0.491 e. The SMILES string of the molecule is CCC(C)c1ccc(-n2c(-c3cc(C)c(OCCO)c(C)c3)nc3ccncc3c2=O)cc1.CCC(C)c1ccc(-n2c(-c3cc(C)c(OCCO[Si](C)(C)C(C)(C)C)c(C)c3)nc3ccncc3c2=O)cc1. The zero-order chi connectivity index (χ0) is 52.8. The van der Waals surface area contributed by atoms with Gasteiger partial charge >= 0.3 is 0 Å². The van der Waals surface area contributed by atoms with Gasteiger partial charge < -0.3 is 19.0 Å². The molecule has 0 aliphatic rings. The summed E-state index contributed by atoms with van der Waals surface area (Å²) in [5.74, 6) is 3.65. The third-order valence-electron chi connectivity index (χ3n) is 14.4. The standard InChI is InChI=1S/C33H43N3O3Si.C27H29N3O3/c1-10-22(2)25-11-13-27(14-12-25)36-31(35-29-15-16-34-21-28(29)32(36)37)26-19-23(3)30(24(4)20-26)38-17-18-39-40(8,9)33(5,6)7;1-5-17(2)20-6-8-22(9-7-20)30-26(29-24-10-11-28-16-23(24)27(30)32)21-14-18(3)25(19(4)15-21)33-13-12-31/h11-16,19-22H,10,17-18H2,1-9H3;6-11,14-17,31H,5,12-13H2,1-4H3. The summed E-state index contributed by atoms with van der Waals surface area (Å²) >= 11 is 0. The second kappa shape index (κ2) is 23.0. The molecule has 2 atom stereocenters. The van der Waals surface area contributed by atoms with Crippen LogP contribution in [0.1, 0.15) is 107 Å². The van der Waals surface area contributed by atoms with Crippen LogP contribution in [-0.2, 0) is 4.43 Å². The summed E-state index contributed by atoms with van der Waals surface area (Å²) in [5.41, 5.74) is 10.5. The molecule has 0 saturated carbocycles. The van der Waals surface area contributed by atoms with Gasteiger partial charge in [-0.05, 0) is 165 Å². The number of rotatable bonds is 16. The van der Waals surface area contributed by atoms with Crippen LogP contribution in [-0.4, -0.2) is 68.9 Å². The Hall–Kier alpha value is -6.80. The number of hydrogen-bond acceptors (Lipinski definition) is 10. The molecule has 2 unspecified atom stereocenters. The van der Waals surface area contributed by atoms with E-state index < -0.39 is 8.32 Å². The van der Waals surface area contributed by atoms with E-state index in [4.69, 9.17) is 29.0 Å². The lowest BCUT2D eigenvalue weighted by molar-refractivity contribution is 0.200. The second-order valence-electron chi connectivity index (χ2n) is 20.6. The highest BCUT2D eigenvalue weighted by atomic mass is 28.4. The van der Waals surface area contributed by atoms with Crippen molar-refractivity contribution in [1.82, 2.24) is 29.1 Å². The summed E-state index contributed by atoms with van der Waals surface area (Å²) in [6, 6.07) is 27.9. The topological polar surface area (TPSA) is 143 Å². The highest BCUT2D eigenvalue weighted by Gasteiger charge is 2.37. The van der Waals surface area contributed by atoms with E-state index in [2.05, 4.69) is 108 Å². The van der Waals surface area contributed by atoms with E-state index >= 15 is 0 Å². The molecule has 12 nitrogen and oxygen atoms in total. The fourth-order valence-electron chi connectivity index (χ4n) is 8.72. The maximum absolute atomic E-state index is 13.8. The lowest BCUT2D eigenvalue weighted by Gasteiger charge is -2.36. The van der Waals surface area contributed by atoms with E-state index in [0.717, 1.165) is 69.1 Å². The van der Waals surface area contributed by atoms with Gasteiger partial charge in [-0.2, -0.15) is 0 Å². The molecule has 0 aliphatic carbocycles. The first-order chi connectivity index (χ1) is 34.8. The normalized spacial score (nSPS) is 12.6. The second-order valence-corrected chi connectivity index (χ2v) is 25.5. The molecular weight excluding hydrogens is 929 g/mol. The van der Waals surface area contributed by atoms with Crippen molar-refractivity contribution in [3.8, 4) is 45.6 Å². The zero-order valence-corrected chi connectivity index (χ0v) is 46.0. The van der Waals surface area contributed by atoms with Crippen molar-refractivity contribution >= 4 is 30.1 Å². The molecule has 0 aliphatic heterocycles. The summed E-state index contributed by atoms with van der Waals surface area (Å²) in [6.07, 6.45) is 8.59. The first-order valence-electron chi connectivity index (χ1n) is 25.5. The third kappa shape index (κ3) is 11.9. The highest BCUT2D eigenvalue weighted by Crippen LogP contribution is 2.37. The van der Waals surface area contributed by atoms with E-state index in [1.165, 1.54) is 11.1 Å². The number of hydrogen-bond donors (Lipinski definition) is 1.